The van der Waals surface area contributed by atoms with Gasteiger partial charge in [0.1, 0.15) is 6.54 Å². The van der Waals surface area contributed by atoms with Gasteiger partial charge in [-0.15, -0.1) is 0 Å². The number of para-hydroxylation sites is 2. The standard InChI is InChI=1S/C27H27N3O2/c31-26(29-21-16-14-20(15-17-21)28-19-8-2-1-3-9-19)18-30-24-12-6-4-10-22(24)27(32)23-11-5-7-13-25(23)30/h4-7,10-17,19,28H,1-3,8-9,18H2,(H,29,31). The van der Waals surface area contributed by atoms with Crippen molar-refractivity contribution in [3.63, 3.8) is 0 Å². The van der Waals surface area contributed by atoms with Crippen molar-refractivity contribution in [3.05, 3.63) is 83.0 Å². The summed E-state index contributed by atoms with van der Waals surface area (Å²) in [6.45, 7) is 0.128. The van der Waals surface area contributed by atoms with E-state index in [0.29, 0.717) is 16.8 Å². The molecule has 5 heteroatoms. The van der Waals surface area contributed by atoms with Crippen molar-refractivity contribution in [1.82, 2.24) is 4.57 Å². The van der Waals surface area contributed by atoms with E-state index in [0.717, 1.165) is 22.4 Å². The molecule has 1 fully saturated rings. The zero-order chi connectivity index (χ0) is 21.9. The first kappa shape index (κ1) is 20.3. The van der Waals surface area contributed by atoms with Crippen LogP contribution in [0, 0.1) is 0 Å². The number of nitrogens with one attached hydrogen (secondary N) is 2. The minimum absolute atomic E-state index is 0.00564. The fourth-order valence-corrected chi connectivity index (χ4v) is 4.72. The van der Waals surface area contributed by atoms with Gasteiger partial charge in [0.05, 0.1) is 11.0 Å². The lowest BCUT2D eigenvalue weighted by atomic mass is 9.95. The van der Waals surface area contributed by atoms with Crippen molar-refractivity contribution in [3.8, 4) is 0 Å². The van der Waals surface area contributed by atoms with Gasteiger partial charge in [-0.2, -0.15) is 0 Å². The third kappa shape index (κ3) is 4.11. The number of anilines is 2. The number of carbonyl (C=O) groups is 1. The summed E-state index contributed by atoms with van der Waals surface area (Å²) < 4.78 is 1.92. The predicted molar refractivity (Wildman–Crippen MR) is 131 cm³/mol. The fourth-order valence-electron chi connectivity index (χ4n) is 4.72. The van der Waals surface area contributed by atoms with E-state index < -0.39 is 0 Å². The Morgan fingerprint density at radius 1 is 0.781 bits per heavy atom. The number of fused-ring (bicyclic) bond motifs is 2. The average Bonchev–Trinajstić information content (AvgIpc) is 2.84. The molecule has 3 aromatic carbocycles. The van der Waals surface area contributed by atoms with Crippen LogP contribution >= 0.6 is 0 Å². The SMILES string of the molecule is O=C(Cn1c2ccccc2c(=O)c2ccccc21)Nc1ccc(NC2CCCCC2)cc1. The van der Waals surface area contributed by atoms with Crippen molar-refractivity contribution in [2.45, 2.75) is 44.7 Å². The topological polar surface area (TPSA) is 63.1 Å². The van der Waals surface area contributed by atoms with Gasteiger partial charge in [-0.25, -0.2) is 0 Å². The molecule has 2 N–H and O–H groups in total. The lowest BCUT2D eigenvalue weighted by molar-refractivity contribution is -0.116. The quantitative estimate of drug-likeness (QED) is 0.413. The summed E-state index contributed by atoms with van der Waals surface area (Å²) in [7, 11) is 0. The molecular formula is C27H27N3O2. The maximum absolute atomic E-state index is 12.9. The first-order chi connectivity index (χ1) is 15.7. The second-order valence-corrected chi connectivity index (χ2v) is 8.55. The molecular weight excluding hydrogens is 398 g/mol. The number of pyridine rings is 1. The molecule has 1 amide bonds. The van der Waals surface area contributed by atoms with E-state index in [1.54, 1.807) is 0 Å². The van der Waals surface area contributed by atoms with Crippen LogP contribution in [0.3, 0.4) is 0 Å². The van der Waals surface area contributed by atoms with Crippen molar-refractivity contribution in [2.75, 3.05) is 10.6 Å². The Morgan fingerprint density at radius 3 is 1.97 bits per heavy atom. The molecule has 5 nitrogen and oxygen atoms in total. The molecule has 32 heavy (non-hydrogen) atoms. The second-order valence-electron chi connectivity index (χ2n) is 8.55. The Kier molecular flexibility index (Phi) is 5.63. The van der Waals surface area contributed by atoms with Crippen LogP contribution in [0.1, 0.15) is 32.1 Å². The number of rotatable bonds is 5. The van der Waals surface area contributed by atoms with Gasteiger partial charge in [-0.05, 0) is 61.4 Å². The molecule has 0 aliphatic heterocycles. The van der Waals surface area contributed by atoms with E-state index in [1.165, 1.54) is 32.1 Å². The predicted octanol–water partition coefficient (Wildman–Crippen LogP) is 5.54. The van der Waals surface area contributed by atoms with E-state index >= 15 is 0 Å². The number of carbonyl (C=O) groups excluding carboxylic acids is 1. The number of aromatic nitrogens is 1. The van der Waals surface area contributed by atoms with E-state index in [4.69, 9.17) is 0 Å². The number of hydrogen-bond donors (Lipinski definition) is 2. The molecule has 1 saturated carbocycles. The van der Waals surface area contributed by atoms with Crippen LogP contribution in [0.4, 0.5) is 11.4 Å². The first-order valence-electron chi connectivity index (χ1n) is 11.4. The maximum atomic E-state index is 12.9. The summed E-state index contributed by atoms with van der Waals surface area (Å²) in [5, 5.41) is 7.84. The van der Waals surface area contributed by atoms with Gasteiger partial charge in [0, 0.05) is 28.2 Å². The number of hydrogen-bond acceptors (Lipinski definition) is 3. The number of nitrogens with zero attached hydrogens (tertiary/aromatic N) is 1. The van der Waals surface area contributed by atoms with Gasteiger partial charge in [0.2, 0.25) is 5.91 Å². The Morgan fingerprint density at radius 2 is 1.34 bits per heavy atom. The van der Waals surface area contributed by atoms with Gasteiger partial charge >= 0.3 is 0 Å². The summed E-state index contributed by atoms with van der Waals surface area (Å²) in [6, 6.07) is 23.4. The molecule has 1 aromatic heterocycles. The Balaban J connectivity index is 1.36. The summed E-state index contributed by atoms with van der Waals surface area (Å²) in [6.07, 6.45) is 6.36. The van der Waals surface area contributed by atoms with Crippen molar-refractivity contribution in [2.24, 2.45) is 0 Å². The fraction of sp³-hybridized carbons (Fsp3) is 0.259. The van der Waals surface area contributed by atoms with Gasteiger partial charge in [-0.3, -0.25) is 9.59 Å². The number of benzene rings is 3. The molecule has 0 bridgehead atoms. The van der Waals surface area contributed by atoms with Gasteiger partial charge in [0.15, 0.2) is 5.43 Å². The van der Waals surface area contributed by atoms with E-state index in [-0.39, 0.29) is 17.9 Å². The molecule has 1 heterocycles. The highest BCUT2D eigenvalue weighted by Crippen LogP contribution is 2.23. The highest BCUT2D eigenvalue weighted by atomic mass is 16.2. The zero-order valence-corrected chi connectivity index (χ0v) is 18.0. The van der Waals surface area contributed by atoms with Crippen LogP contribution in [-0.2, 0) is 11.3 Å². The van der Waals surface area contributed by atoms with Crippen LogP contribution in [0.25, 0.3) is 21.8 Å². The van der Waals surface area contributed by atoms with Crippen LogP contribution in [0.2, 0.25) is 0 Å². The van der Waals surface area contributed by atoms with Crippen LogP contribution in [-0.4, -0.2) is 16.5 Å². The minimum Gasteiger partial charge on any atom is -0.382 e. The third-order valence-electron chi connectivity index (χ3n) is 6.33. The Hall–Kier alpha value is -3.60. The Labute approximate surface area is 187 Å². The summed E-state index contributed by atoms with van der Waals surface area (Å²) >= 11 is 0. The molecule has 4 aromatic rings. The highest BCUT2D eigenvalue weighted by Gasteiger charge is 2.14. The summed E-state index contributed by atoms with van der Waals surface area (Å²) in [5.41, 5.74) is 3.37. The molecule has 0 atom stereocenters. The highest BCUT2D eigenvalue weighted by molar-refractivity contribution is 5.97. The molecule has 0 radical (unpaired) electrons. The van der Waals surface area contributed by atoms with Gasteiger partial charge < -0.3 is 15.2 Å². The molecule has 1 aliphatic carbocycles. The lowest BCUT2D eigenvalue weighted by Crippen LogP contribution is -2.22. The second kappa shape index (κ2) is 8.87. The normalized spacial score (nSPS) is 14.5. The summed E-state index contributed by atoms with van der Waals surface area (Å²) in [4.78, 5) is 25.8. The average molecular weight is 426 g/mol. The molecule has 1 aliphatic rings. The van der Waals surface area contributed by atoms with E-state index in [9.17, 15) is 9.59 Å². The monoisotopic (exact) mass is 425 g/mol. The van der Waals surface area contributed by atoms with Crippen LogP contribution < -0.4 is 16.1 Å². The molecule has 0 spiro atoms. The smallest absolute Gasteiger partial charge is 0.244 e. The van der Waals surface area contributed by atoms with Gasteiger partial charge in [0.25, 0.3) is 0 Å². The summed E-state index contributed by atoms with van der Waals surface area (Å²) in [5.74, 6) is -0.128. The largest absolute Gasteiger partial charge is 0.382 e. The van der Waals surface area contributed by atoms with Crippen LogP contribution in [0.5, 0.6) is 0 Å². The first-order valence-corrected chi connectivity index (χ1v) is 11.4. The zero-order valence-electron chi connectivity index (χ0n) is 18.0. The van der Waals surface area contributed by atoms with E-state index in [1.807, 2.05) is 77.4 Å². The molecule has 162 valence electrons. The van der Waals surface area contributed by atoms with Crippen LogP contribution in [0.15, 0.2) is 77.6 Å². The van der Waals surface area contributed by atoms with Crippen molar-refractivity contribution < 1.29 is 4.79 Å². The molecule has 5 rings (SSSR count). The lowest BCUT2D eigenvalue weighted by Gasteiger charge is -2.24. The van der Waals surface area contributed by atoms with Crippen molar-refractivity contribution >= 4 is 39.1 Å². The third-order valence-corrected chi connectivity index (χ3v) is 6.33. The minimum atomic E-state index is -0.128. The maximum Gasteiger partial charge on any atom is 0.244 e. The Bertz CT molecular complexity index is 1260. The van der Waals surface area contributed by atoms with Crippen molar-refractivity contribution in [1.29, 1.82) is 0 Å². The molecule has 0 saturated heterocycles. The number of amides is 1. The van der Waals surface area contributed by atoms with E-state index in [2.05, 4.69) is 10.6 Å². The molecule has 0 unspecified atom stereocenters. The van der Waals surface area contributed by atoms with Gasteiger partial charge in [-0.1, -0.05) is 43.5 Å².